The Morgan fingerprint density at radius 3 is 2.70 bits per heavy atom. The Labute approximate surface area is 193 Å². The third-order valence-electron chi connectivity index (χ3n) is 5.04. The largest absolute Gasteiger partial charge is 0.349 e. The smallest absolute Gasteiger partial charge is 0.293 e. The number of hydrogen-bond acceptors (Lipinski definition) is 6. The molecule has 3 aromatic rings. The van der Waals surface area contributed by atoms with Crippen molar-refractivity contribution in [3.8, 4) is 5.69 Å². The molecule has 1 aliphatic rings. The van der Waals surface area contributed by atoms with Crippen molar-refractivity contribution < 1.29 is 18.8 Å². The predicted molar refractivity (Wildman–Crippen MR) is 122 cm³/mol. The van der Waals surface area contributed by atoms with E-state index in [9.17, 15) is 18.8 Å². The number of aryl methyl sites for hydroxylation is 1. The first kappa shape index (κ1) is 22.4. The summed E-state index contributed by atoms with van der Waals surface area (Å²) in [6.45, 7) is 3.72. The molecule has 0 spiro atoms. The average molecular weight is 466 g/mol. The number of carbonyl (C=O) groups excluding carboxylic acids is 3. The van der Waals surface area contributed by atoms with Gasteiger partial charge in [-0.1, -0.05) is 35.5 Å². The number of imide groups is 1. The van der Waals surface area contributed by atoms with Crippen LogP contribution < -0.4 is 5.32 Å². The quantitative estimate of drug-likeness (QED) is 0.560. The molecule has 0 aliphatic carbocycles. The van der Waals surface area contributed by atoms with E-state index in [1.807, 2.05) is 31.2 Å². The predicted octanol–water partition coefficient (Wildman–Crippen LogP) is 3.49. The molecule has 1 saturated heterocycles. The molecule has 8 nitrogen and oxygen atoms in total. The third kappa shape index (κ3) is 4.70. The van der Waals surface area contributed by atoms with Crippen LogP contribution in [0.25, 0.3) is 11.8 Å². The second kappa shape index (κ2) is 9.37. The number of carbonyl (C=O) groups is 3. The molecule has 2 heterocycles. The Morgan fingerprint density at radius 2 is 1.94 bits per heavy atom. The second-order valence-electron chi connectivity index (χ2n) is 7.39. The fourth-order valence-electron chi connectivity index (χ4n) is 3.34. The summed E-state index contributed by atoms with van der Waals surface area (Å²) in [4.78, 5) is 38.6. The average Bonchev–Trinajstić information content (AvgIpc) is 3.29. The maximum Gasteiger partial charge on any atom is 0.293 e. The van der Waals surface area contributed by atoms with E-state index >= 15 is 0 Å². The Bertz CT molecular complexity index is 1290. The van der Waals surface area contributed by atoms with Gasteiger partial charge in [-0.25, -0.2) is 9.07 Å². The minimum atomic E-state index is -0.524. The fraction of sp³-hybridized carbons (Fsp3) is 0.174. The van der Waals surface area contributed by atoms with E-state index < -0.39 is 22.9 Å². The number of aromatic nitrogens is 3. The van der Waals surface area contributed by atoms with Gasteiger partial charge in [0.1, 0.15) is 5.82 Å². The molecule has 4 rings (SSSR count). The lowest BCUT2D eigenvalue weighted by molar-refractivity contribution is -0.122. The van der Waals surface area contributed by atoms with Crippen LogP contribution in [0.2, 0.25) is 0 Å². The van der Waals surface area contributed by atoms with Gasteiger partial charge in [0.2, 0.25) is 0 Å². The van der Waals surface area contributed by atoms with E-state index in [-0.39, 0.29) is 29.3 Å². The Morgan fingerprint density at radius 1 is 1.15 bits per heavy atom. The number of benzene rings is 2. The maximum atomic E-state index is 13.9. The zero-order valence-corrected chi connectivity index (χ0v) is 18.7. The summed E-state index contributed by atoms with van der Waals surface area (Å²) in [6, 6.07) is 13.6. The Hall–Kier alpha value is -3.79. The Kier molecular flexibility index (Phi) is 6.36. The standard InChI is InChI=1S/C23H20FN5O3S/c1-14-6-5-8-17(12-14)29-15(2)20(26-27-29)21(30)25-10-11-28-22(31)19(33-23(28)32)13-16-7-3-4-9-18(16)24/h3-9,12-13H,10-11H2,1-2H3,(H,25,30). The van der Waals surface area contributed by atoms with Crippen LogP contribution in [0.1, 0.15) is 27.3 Å². The minimum Gasteiger partial charge on any atom is -0.349 e. The second-order valence-corrected chi connectivity index (χ2v) is 8.38. The van der Waals surface area contributed by atoms with E-state index in [1.165, 1.54) is 18.2 Å². The molecule has 0 radical (unpaired) electrons. The van der Waals surface area contributed by atoms with Crippen molar-refractivity contribution in [2.45, 2.75) is 13.8 Å². The first-order valence-electron chi connectivity index (χ1n) is 10.1. The van der Waals surface area contributed by atoms with E-state index in [2.05, 4.69) is 15.6 Å². The summed E-state index contributed by atoms with van der Waals surface area (Å²) in [5, 5.41) is 10.2. The van der Waals surface area contributed by atoms with Crippen molar-refractivity contribution in [3.63, 3.8) is 0 Å². The molecule has 1 aliphatic heterocycles. The molecular weight excluding hydrogens is 445 g/mol. The highest BCUT2D eigenvalue weighted by atomic mass is 32.2. The van der Waals surface area contributed by atoms with Gasteiger partial charge >= 0.3 is 0 Å². The van der Waals surface area contributed by atoms with Crippen molar-refractivity contribution >= 4 is 34.9 Å². The van der Waals surface area contributed by atoms with Crippen LogP contribution in [0, 0.1) is 19.7 Å². The molecule has 1 fully saturated rings. The number of rotatable bonds is 6. The highest BCUT2D eigenvalue weighted by Crippen LogP contribution is 2.32. The molecular formula is C23H20FN5O3S. The summed E-state index contributed by atoms with van der Waals surface area (Å²) in [5.41, 5.74) is 2.79. The molecule has 10 heteroatoms. The topological polar surface area (TPSA) is 97.2 Å². The van der Waals surface area contributed by atoms with Crippen molar-refractivity contribution in [2.24, 2.45) is 0 Å². The molecule has 3 amide bonds. The van der Waals surface area contributed by atoms with Crippen LogP contribution >= 0.6 is 11.8 Å². The number of thioether (sulfide) groups is 1. The van der Waals surface area contributed by atoms with Gasteiger partial charge in [-0.2, -0.15) is 0 Å². The molecule has 0 atom stereocenters. The van der Waals surface area contributed by atoms with Gasteiger partial charge in [0.15, 0.2) is 5.69 Å². The third-order valence-corrected chi connectivity index (χ3v) is 5.95. The number of hydrogen-bond donors (Lipinski definition) is 1. The van der Waals surface area contributed by atoms with Gasteiger partial charge < -0.3 is 5.32 Å². The highest BCUT2D eigenvalue weighted by Gasteiger charge is 2.35. The van der Waals surface area contributed by atoms with Crippen LogP contribution in [0.5, 0.6) is 0 Å². The van der Waals surface area contributed by atoms with Crippen molar-refractivity contribution in [3.05, 3.63) is 81.8 Å². The number of halogens is 1. The molecule has 1 aromatic heterocycles. The maximum absolute atomic E-state index is 13.9. The summed E-state index contributed by atoms with van der Waals surface area (Å²) >= 11 is 0.739. The van der Waals surface area contributed by atoms with Crippen LogP contribution in [-0.4, -0.2) is 50.0 Å². The number of nitrogens with zero attached hydrogens (tertiary/aromatic N) is 4. The van der Waals surface area contributed by atoms with Gasteiger partial charge in [-0.15, -0.1) is 5.10 Å². The number of nitrogens with one attached hydrogen (secondary N) is 1. The lowest BCUT2D eigenvalue weighted by Gasteiger charge is -2.12. The normalized spacial score (nSPS) is 14.9. The summed E-state index contributed by atoms with van der Waals surface area (Å²) in [5.74, 6) is -1.46. The number of amides is 3. The van der Waals surface area contributed by atoms with Crippen molar-refractivity contribution in [1.82, 2.24) is 25.2 Å². The molecule has 0 unspecified atom stereocenters. The first-order valence-corrected chi connectivity index (χ1v) is 10.9. The lowest BCUT2D eigenvalue weighted by atomic mass is 10.2. The monoisotopic (exact) mass is 465 g/mol. The van der Waals surface area contributed by atoms with Crippen molar-refractivity contribution in [2.75, 3.05) is 13.1 Å². The van der Waals surface area contributed by atoms with E-state index in [0.717, 1.165) is 27.9 Å². The van der Waals surface area contributed by atoms with Crippen LogP contribution in [0.15, 0.2) is 53.4 Å². The van der Waals surface area contributed by atoms with Gasteiger partial charge in [0.05, 0.1) is 16.3 Å². The lowest BCUT2D eigenvalue weighted by Crippen LogP contribution is -2.37. The van der Waals surface area contributed by atoms with E-state index in [1.54, 1.807) is 23.7 Å². The van der Waals surface area contributed by atoms with Crippen molar-refractivity contribution in [1.29, 1.82) is 0 Å². The van der Waals surface area contributed by atoms with Crippen LogP contribution in [-0.2, 0) is 4.79 Å². The summed E-state index contributed by atoms with van der Waals surface area (Å²) in [7, 11) is 0. The zero-order chi connectivity index (χ0) is 23.5. The summed E-state index contributed by atoms with van der Waals surface area (Å²) in [6.07, 6.45) is 1.35. The van der Waals surface area contributed by atoms with Crippen LogP contribution in [0.3, 0.4) is 0 Å². The molecule has 0 saturated carbocycles. The van der Waals surface area contributed by atoms with E-state index in [0.29, 0.717) is 5.69 Å². The highest BCUT2D eigenvalue weighted by molar-refractivity contribution is 8.18. The molecule has 2 aromatic carbocycles. The van der Waals surface area contributed by atoms with Gasteiger partial charge in [-0.05, 0) is 55.4 Å². The molecule has 168 valence electrons. The van der Waals surface area contributed by atoms with Crippen LogP contribution in [0.4, 0.5) is 9.18 Å². The molecule has 0 bridgehead atoms. The fourth-order valence-corrected chi connectivity index (χ4v) is 4.19. The summed E-state index contributed by atoms with van der Waals surface area (Å²) < 4.78 is 15.4. The van der Waals surface area contributed by atoms with Gasteiger partial charge in [0, 0.05) is 18.7 Å². The van der Waals surface area contributed by atoms with Gasteiger partial charge in [-0.3, -0.25) is 19.3 Å². The first-order chi connectivity index (χ1) is 15.8. The SMILES string of the molecule is Cc1cccc(-n2nnc(C(=O)NCCN3C(=O)SC(=Cc4ccccc4F)C3=O)c2C)c1. The molecule has 1 N–H and O–H groups in total. The van der Waals surface area contributed by atoms with Gasteiger partial charge in [0.25, 0.3) is 17.1 Å². The zero-order valence-electron chi connectivity index (χ0n) is 17.9. The Balaban J connectivity index is 1.39. The minimum absolute atomic E-state index is 0.0178. The molecule has 33 heavy (non-hydrogen) atoms. The van der Waals surface area contributed by atoms with E-state index in [4.69, 9.17) is 0 Å².